The number of amides is 4. The maximum absolute atomic E-state index is 12.7. The Labute approximate surface area is 159 Å². The maximum Gasteiger partial charge on any atom is 0.322 e. The summed E-state index contributed by atoms with van der Waals surface area (Å²) < 4.78 is 0. The minimum Gasteiger partial charge on any atom is -0.349 e. The van der Waals surface area contributed by atoms with Crippen LogP contribution in [0.25, 0.3) is 0 Å². The van der Waals surface area contributed by atoms with Gasteiger partial charge in [0.25, 0.3) is 11.8 Å². The third-order valence-electron chi connectivity index (χ3n) is 5.55. The first-order chi connectivity index (χ1) is 12.8. The predicted molar refractivity (Wildman–Crippen MR) is 102 cm³/mol. The molecule has 0 radical (unpaired) electrons. The Kier molecular flexibility index (Phi) is 5.51. The average Bonchev–Trinajstić information content (AvgIpc) is 2.89. The summed E-state index contributed by atoms with van der Waals surface area (Å²) in [6.07, 6.45) is 4.21. The minimum absolute atomic E-state index is 0.138. The molecule has 2 aliphatic rings. The van der Waals surface area contributed by atoms with Crippen LogP contribution in [0, 0.1) is 5.92 Å². The molecule has 3 rings (SSSR count). The van der Waals surface area contributed by atoms with Gasteiger partial charge >= 0.3 is 6.03 Å². The van der Waals surface area contributed by atoms with Crippen molar-refractivity contribution >= 4 is 17.8 Å². The van der Waals surface area contributed by atoms with E-state index in [4.69, 9.17) is 0 Å². The largest absolute Gasteiger partial charge is 0.349 e. The highest BCUT2D eigenvalue weighted by molar-refractivity contribution is 6.07. The van der Waals surface area contributed by atoms with Gasteiger partial charge in [0, 0.05) is 18.2 Å². The average molecular weight is 372 g/mol. The molecule has 27 heavy (non-hydrogen) atoms. The molecule has 7 heteroatoms. The van der Waals surface area contributed by atoms with Gasteiger partial charge in [0.1, 0.15) is 5.54 Å². The van der Waals surface area contributed by atoms with Gasteiger partial charge in [-0.1, -0.05) is 12.1 Å². The topological polar surface area (TPSA) is 90.5 Å². The van der Waals surface area contributed by atoms with Gasteiger partial charge in [0.15, 0.2) is 0 Å². The van der Waals surface area contributed by atoms with Crippen LogP contribution in [-0.4, -0.2) is 49.4 Å². The zero-order chi connectivity index (χ0) is 19.6. The fourth-order valence-corrected chi connectivity index (χ4v) is 3.99. The van der Waals surface area contributed by atoms with E-state index in [-0.39, 0.29) is 11.9 Å². The Morgan fingerprint density at radius 1 is 1.22 bits per heavy atom. The second kappa shape index (κ2) is 7.68. The second-order valence-corrected chi connectivity index (χ2v) is 8.07. The van der Waals surface area contributed by atoms with Crippen LogP contribution in [0.4, 0.5) is 4.79 Å². The van der Waals surface area contributed by atoms with Crippen molar-refractivity contribution in [3.05, 3.63) is 35.4 Å². The van der Waals surface area contributed by atoms with E-state index < -0.39 is 17.5 Å². The number of hydrogen-bond donors (Lipinski definition) is 3. The first-order valence-electron chi connectivity index (χ1n) is 9.47. The number of nitrogens with one attached hydrogen (secondary N) is 3. The summed E-state index contributed by atoms with van der Waals surface area (Å²) >= 11 is 0. The van der Waals surface area contributed by atoms with Crippen molar-refractivity contribution in [2.75, 3.05) is 20.6 Å². The van der Waals surface area contributed by atoms with Crippen molar-refractivity contribution in [1.29, 1.82) is 0 Å². The number of carbonyl (C=O) groups excluding carboxylic acids is 3. The van der Waals surface area contributed by atoms with Gasteiger partial charge in [-0.15, -0.1) is 0 Å². The van der Waals surface area contributed by atoms with Gasteiger partial charge in [-0.25, -0.2) is 4.79 Å². The van der Waals surface area contributed by atoms with Crippen LogP contribution in [0.3, 0.4) is 0 Å². The molecule has 2 fully saturated rings. The number of rotatable bonds is 5. The van der Waals surface area contributed by atoms with Gasteiger partial charge in [0.2, 0.25) is 0 Å². The molecule has 1 saturated carbocycles. The van der Waals surface area contributed by atoms with Crippen LogP contribution in [0.15, 0.2) is 24.3 Å². The van der Waals surface area contributed by atoms with E-state index in [1.54, 1.807) is 31.2 Å². The normalized spacial score (nSPS) is 28.0. The van der Waals surface area contributed by atoms with Gasteiger partial charge < -0.3 is 15.5 Å². The molecule has 0 aromatic heterocycles. The van der Waals surface area contributed by atoms with E-state index in [1.807, 2.05) is 0 Å². The summed E-state index contributed by atoms with van der Waals surface area (Å²) in [5, 5.41) is 7.99. The van der Waals surface area contributed by atoms with Gasteiger partial charge in [-0.3, -0.25) is 14.9 Å². The zero-order valence-corrected chi connectivity index (χ0v) is 16.2. The third kappa shape index (κ3) is 4.30. The molecule has 1 aromatic carbocycles. The molecule has 1 aliphatic carbocycles. The smallest absolute Gasteiger partial charge is 0.322 e. The van der Waals surface area contributed by atoms with Gasteiger partial charge in [-0.2, -0.15) is 0 Å². The lowest BCUT2D eigenvalue weighted by Crippen LogP contribution is -2.41. The lowest BCUT2D eigenvalue weighted by Gasteiger charge is -2.30. The Morgan fingerprint density at radius 3 is 2.52 bits per heavy atom. The second-order valence-electron chi connectivity index (χ2n) is 8.07. The fourth-order valence-electron chi connectivity index (χ4n) is 3.99. The van der Waals surface area contributed by atoms with Crippen molar-refractivity contribution in [2.24, 2.45) is 5.92 Å². The number of urea groups is 1. The van der Waals surface area contributed by atoms with Gasteiger partial charge in [0.05, 0.1) is 0 Å². The third-order valence-corrected chi connectivity index (χ3v) is 5.55. The number of nitrogens with zero attached hydrogens (tertiary/aromatic N) is 1. The molecule has 7 nitrogen and oxygen atoms in total. The van der Waals surface area contributed by atoms with E-state index >= 15 is 0 Å². The van der Waals surface area contributed by atoms with Gasteiger partial charge in [-0.05, 0) is 70.3 Å². The molecule has 1 aliphatic heterocycles. The molecule has 1 atom stereocenters. The minimum atomic E-state index is -1.16. The lowest BCUT2D eigenvalue weighted by atomic mass is 9.85. The van der Waals surface area contributed by atoms with Crippen molar-refractivity contribution in [2.45, 2.75) is 44.2 Å². The Bertz CT molecular complexity index is 740. The Morgan fingerprint density at radius 2 is 1.93 bits per heavy atom. The summed E-state index contributed by atoms with van der Waals surface area (Å²) in [6, 6.07) is 6.55. The summed E-state index contributed by atoms with van der Waals surface area (Å²) in [6.45, 7) is 2.73. The molecule has 1 aromatic rings. The molecule has 3 N–H and O–H groups in total. The number of benzene rings is 1. The molecule has 1 saturated heterocycles. The first-order valence-corrected chi connectivity index (χ1v) is 9.47. The fraction of sp³-hybridized carbons (Fsp3) is 0.550. The highest BCUT2D eigenvalue weighted by Gasteiger charge is 2.43. The van der Waals surface area contributed by atoms with Crippen molar-refractivity contribution in [1.82, 2.24) is 20.9 Å². The van der Waals surface area contributed by atoms with Crippen molar-refractivity contribution in [3.63, 3.8) is 0 Å². The standard InChI is InChI=1S/C20H28N4O3/c1-20(18(26)22-19(27)23-20)15-6-4-5-14(11-15)17(25)21-16-9-7-13(8-10-16)12-24(2)3/h4-6,11,13,16H,7-10,12H2,1-3H3,(H,21,25)(H2,22,23,26,27). The number of hydrogen-bond acceptors (Lipinski definition) is 4. The summed E-state index contributed by atoms with van der Waals surface area (Å²) in [5.41, 5.74) is -0.0660. The Balaban J connectivity index is 1.63. The summed E-state index contributed by atoms with van der Waals surface area (Å²) in [4.78, 5) is 38.5. The zero-order valence-electron chi connectivity index (χ0n) is 16.2. The lowest BCUT2D eigenvalue weighted by molar-refractivity contribution is -0.123. The van der Waals surface area contributed by atoms with Crippen LogP contribution in [-0.2, 0) is 10.3 Å². The van der Waals surface area contributed by atoms with E-state index in [9.17, 15) is 14.4 Å². The molecule has 4 amide bonds. The molecular formula is C20H28N4O3. The quantitative estimate of drug-likeness (QED) is 0.685. The highest BCUT2D eigenvalue weighted by Crippen LogP contribution is 2.27. The Hall–Kier alpha value is -2.41. The van der Waals surface area contributed by atoms with Crippen molar-refractivity contribution < 1.29 is 14.4 Å². The van der Waals surface area contributed by atoms with Crippen LogP contribution in [0.5, 0.6) is 0 Å². The SMILES string of the molecule is CN(C)CC1CCC(NC(=O)c2cccc(C3(C)NC(=O)NC3=O)c2)CC1. The van der Waals surface area contributed by atoms with Crippen LogP contribution in [0.2, 0.25) is 0 Å². The first kappa shape index (κ1) is 19.4. The molecule has 1 heterocycles. The van der Waals surface area contributed by atoms with Crippen LogP contribution in [0.1, 0.15) is 48.5 Å². The van der Waals surface area contributed by atoms with E-state index in [1.165, 1.54) is 0 Å². The molecule has 0 spiro atoms. The van der Waals surface area contributed by atoms with Crippen LogP contribution < -0.4 is 16.0 Å². The van der Waals surface area contributed by atoms with E-state index in [0.717, 1.165) is 32.2 Å². The maximum atomic E-state index is 12.7. The highest BCUT2D eigenvalue weighted by atomic mass is 16.2. The van der Waals surface area contributed by atoms with Crippen LogP contribution >= 0.6 is 0 Å². The summed E-state index contributed by atoms with van der Waals surface area (Å²) in [5.74, 6) is 0.145. The van der Waals surface area contributed by atoms with Crippen molar-refractivity contribution in [3.8, 4) is 0 Å². The number of carbonyl (C=O) groups is 3. The van der Waals surface area contributed by atoms with E-state index in [0.29, 0.717) is 17.0 Å². The molecule has 1 unspecified atom stereocenters. The molecule has 0 bridgehead atoms. The monoisotopic (exact) mass is 372 g/mol. The van der Waals surface area contributed by atoms with E-state index in [2.05, 4.69) is 34.9 Å². The predicted octanol–water partition coefficient (Wildman–Crippen LogP) is 1.59. The molecular weight excluding hydrogens is 344 g/mol. The summed E-state index contributed by atoms with van der Waals surface area (Å²) in [7, 11) is 4.18. The number of imide groups is 1. The molecule has 146 valence electrons.